The topological polar surface area (TPSA) is 69.2 Å². The molecule has 0 atom stereocenters. The Bertz CT molecular complexity index is 815. The summed E-state index contributed by atoms with van der Waals surface area (Å²) >= 11 is 6.01. The smallest absolute Gasteiger partial charge is 0.224 e. The lowest BCUT2D eigenvalue weighted by atomic mass is 10.2. The number of halogens is 2. The zero-order valence-electron chi connectivity index (χ0n) is 12.4. The van der Waals surface area contributed by atoms with Gasteiger partial charge in [-0.2, -0.15) is 4.98 Å². The Morgan fingerprint density at radius 2 is 1.65 bits per heavy atom. The minimum Gasteiger partial charge on any atom is -0.493 e. The molecule has 3 rings (SSSR count). The maximum Gasteiger partial charge on any atom is 0.224 e. The molecule has 2 aromatic heterocycles. The van der Waals surface area contributed by atoms with E-state index in [0.29, 0.717) is 22.8 Å². The first-order valence-corrected chi connectivity index (χ1v) is 6.85. The molecule has 0 aliphatic rings. The second-order valence-electron chi connectivity index (χ2n) is 4.43. The summed E-state index contributed by atoms with van der Waals surface area (Å²) < 4.78 is 10.6. The molecule has 0 saturated carbocycles. The molecule has 0 aliphatic heterocycles. The van der Waals surface area contributed by atoms with Gasteiger partial charge in [0.2, 0.25) is 5.28 Å². The maximum atomic E-state index is 6.01. The van der Waals surface area contributed by atoms with E-state index in [1.807, 2.05) is 18.2 Å². The van der Waals surface area contributed by atoms with Crippen molar-refractivity contribution in [2.45, 2.75) is 0 Å². The minimum atomic E-state index is 0. The van der Waals surface area contributed by atoms with Crippen LogP contribution >= 0.6 is 24.0 Å². The molecule has 3 aromatic rings. The van der Waals surface area contributed by atoms with Gasteiger partial charge < -0.3 is 14.8 Å². The van der Waals surface area contributed by atoms with Gasteiger partial charge in [-0.05, 0) is 29.8 Å². The second-order valence-corrected chi connectivity index (χ2v) is 4.76. The molecule has 23 heavy (non-hydrogen) atoms. The lowest BCUT2D eigenvalue weighted by Crippen LogP contribution is -1.99. The van der Waals surface area contributed by atoms with E-state index in [4.69, 9.17) is 21.1 Å². The van der Waals surface area contributed by atoms with E-state index in [2.05, 4.69) is 20.3 Å². The molecule has 0 saturated heterocycles. The van der Waals surface area contributed by atoms with Gasteiger partial charge in [-0.25, -0.2) is 4.98 Å². The molecule has 1 N–H and O–H groups in total. The van der Waals surface area contributed by atoms with Crippen molar-refractivity contribution in [3.63, 3.8) is 0 Å². The van der Waals surface area contributed by atoms with Crippen molar-refractivity contribution < 1.29 is 9.47 Å². The Kier molecular flexibility index (Phi) is 5.41. The highest BCUT2D eigenvalue weighted by atomic mass is 35.5. The molecule has 0 fully saturated rings. The first-order chi connectivity index (χ1) is 10.7. The van der Waals surface area contributed by atoms with Gasteiger partial charge >= 0.3 is 0 Å². The lowest BCUT2D eigenvalue weighted by Gasteiger charge is -2.12. The zero-order valence-corrected chi connectivity index (χ0v) is 14.0. The van der Waals surface area contributed by atoms with E-state index < -0.39 is 0 Å². The largest absolute Gasteiger partial charge is 0.493 e. The summed E-state index contributed by atoms with van der Waals surface area (Å²) in [5.41, 5.74) is 1.51. The second kappa shape index (κ2) is 7.30. The molecule has 0 spiro atoms. The number of rotatable bonds is 4. The predicted molar refractivity (Wildman–Crippen MR) is 92.4 cm³/mol. The first kappa shape index (κ1) is 17.1. The van der Waals surface area contributed by atoms with E-state index in [1.54, 1.807) is 32.7 Å². The van der Waals surface area contributed by atoms with Crippen LogP contribution in [0.2, 0.25) is 5.28 Å². The highest BCUT2D eigenvalue weighted by Gasteiger charge is 2.12. The van der Waals surface area contributed by atoms with Crippen LogP contribution in [0, 0.1) is 0 Å². The SMILES string of the molecule is COc1cc2nc(Cl)nc(Nc3ccncc3)c2cc1OC.Cl. The Labute approximate surface area is 144 Å². The molecule has 1 aromatic carbocycles. The van der Waals surface area contributed by atoms with Crippen molar-refractivity contribution >= 4 is 46.4 Å². The van der Waals surface area contributed by atoms with Crippen LogP contribution < -0.4 is 14.8 Å². The molecule has 8 heteroatoms. The molecule has 120 valence electrons. The van der Waals surface area contributed by atoms with Gasteiger partial charge in [-0.1, -0.05) is 0 Å². The van der Waals surface area contributed by atoms with Crippen LogP contribution in [0.1, 0.15) is 0 Å². The Morgan fingerprint density at radius 1 is 1.00 bits per heavy atom. The quantitative estimate of drug-likeness (QED) is 0.719. The van der Waals surface area contributed by atoms with Gasteiger partial charge in [-0.15, -0.1) is 12.4 Å². The fraction of sp³-hybridized carbons (Fsp3) is 0.133. The molecule has 0 amide bonds. The molecule has 0 aliphatic carbocycles. The third-order valence-corrected chi connectivity index (χ3v) is 3.29. The molecule has 6 nitrogen and oxygen atoms in total. The van der Waals surface area contributed by atoms with Gasteiger partial charge in [0.25, 0.3) is 0 Å². The van der Waals surface area contributed by atoms with Crippen LogP contribution in [-0.4, -0.2) is 29.2 Å². The first-order valence-electron chi connectivity index (χ1n) is 6.47. The Balaban J connectivity index is 0.00000192. The third kappa shape index (κ3) is 3.55. The van der Waals surface area contributed by atoms with Crippen LogP contribution in [0.3, 0.4) is 0 Å². The highest BCUT2D eigenvalue weighted by Crippen LogP contribution is 2.35. The van der Waals surface area contributed by atoms with Gasteiger partial charge in [-0.3, -0.25) is 4.98 Å². The number of anilines is 2. The van der Waals surface area contributed by atoms with Crippen molar-refractivity contribution in [3.8, 4) is 11.5 Å². The summed E-state index contributed by atoms with van der Waals surface area (Å²) in [4.78, 5) is 12.5. The molecule has 0 radical (unpaired) electrons. The fourth-order valence-electron chi connectivity index (χ4n) is 2.09. The monoisotopic (exact) mass is 352 g/mol. The van der Waals surface area contributed by atoms with Gasteiger partial charge in [0.05, 0.1) is 19.7 Å². The van der Waals surface area contributed by atoms with E-state index in [1.165, 1.54) is 0 Å². The summed E-state index contributed by atoms with van der Waals surface area (Å²) in [5, 5.41) is 4.13. The number of benzene rings is 1. The maximum absolute atomic E-state index is 6.01. The number of aromatic nitrogens is 3. The van der Waals surface area contributed by atoms with Crippen molar-refractivity contribution in [3.05, 3.63) is 41.9 Å². The number of hydrogen-bond donors (Lipinski definition) is 1. The van der Waals surface area contributed by atoms with E-state index in [0.717, 1.165) is 11.1 Å². The standard InChI is InChI=1S/C15H13ClN4O2.ClH/c1-21-12-7-10-11(8-13(12)22-2)19-15(16)20-14(10)18-9-3-5-17-6-4-9;/h3-8H,1-2H3,(H,17,18,19,20);1H. The summed E-state index contributed by atoms with van der Waals surface area (Å²) in [5.74, 6) is 1.76. The number of fused-ring (bicyclic) bond motifs is 1. The average Bonchev–Trinajstić information content (AvgIpc) is 2.54. The van der Waals surface area contributed by atoms with Crippen molar-refractivity contribution in [2.75, 3.05) is 19.5 Å². The number of methoxy groups -OCH3 is 2. The normalized spacial score (nSPS) is 10.0. The summed E-state index contributed by atoms with van der Waals surface area (Å²) in [6.45, 7) is 0. The predicted octanol–water partition coefficient (Wildman–Crippen LogP) is 3.86. The zero-order chi connectivity index (χ0) is 15.5. The third-order valence-electron chi connectivity index (χ3n) is 3.12. The number of nitrogens with zero attached hydrogens (tertiary/aromatic N) is 3. The summed E-state index contributed by atoms with van der Waals surface area (Å²) in [6.07, 6.45) is 3.38. The summed E-state index contributed by atoms with van der Waals surface area (Å²) in [7, 11) is 3.15. The van der Waals surface area contributed by atoms with Crippen molar-refractivity contribution in [1.82, 2.24) is 15.0 Å². The van der Waals surface area contributed by atoms with Gasteiger partial charge in [0, 0.05) is 29.5 Å². The highest BCUT2D eigenvalue weighted by molar-refractivity contribution is 6.28. The molecular formula is C15H14Cl2N4O2. The van der Waals surface area contributed by atoms with E-state index >= 15 is 0 Å². The molecular weight excluding hydrogens is 339 g/mol. The van der Waals surface area contributed by atoms with E-state index in [-0.39, 0.29) is 17.7 Å². The van der Waals surface area contributed by atoms with Crippen LogP contribution in [0.4, 0.5) is 11.5 Å². The van der Waals surface area contributed by atoms with Crippen LogP contribution in [0.25, 0.3) is 10.9 Å². The number of pyridine rings is 1. The van der Waals surface area contributed by atoms with Gasteiger partial charge in [0.15, 0.2) is 11.5 Å². The summed E-state index contributed by atoms with van der Waals surface area (Å²) in [6, 6.07) is 7.25. The Hall–Kier alpha value is -2.31. The van der Waals surface area contributed by atoms with Crippen molar-refractivity contribution in [1.29, 1.82) is 0 Å². The van der Waals surface area contributed by atoms with Crippen LogP contribution in [-0.2, 0) is 0 Å². The molecule has 0 unspecified atom stereocenters. The van der Waals surface area contributed by atoms with Crippen LogP contribution in [0.15, 0.2) is 36.7 Å². The van der Waals surface area contributed by atoms with Crippen LogP contribution in [0.5, 0.6) is 11.5 Å². The lowest BCUT2D eigenvalue weighted by molar-refractivity contribution is 0.356. The fourth-order valence-corrected chi connectivity index (χ4v) is 2.27. The number of ether oxygens (including phenoxy) is 2. The van der Waals surface area contributed by atoms with Crippen molar-refractivity contribution in [2.24, 2.45) is 0 Å². The average molecular weight is 353 g/mol. The number of nitrogens with one attached hydrogen (secondary N) is 1. The Morgan fingerprint density at radius 3 is 2.30 bits per heavy atom. The molecule has 0 bridgehead atoms. The number of hydrogen-bond acceptors (Lipinski definition) is 6. The van der Waals surface area contributed by atoms with Gasteiger partial charge in [0.1, 0.15) is 5.82 Å². The van der Waals surface area contributed by atoms with E-state index in [9.17, 15) is 0 Å². The minimum absolute atomic E-state index is 0. The molecule has 2 heterocycles.